The quantitative estimate of drug-likeness (QED) is 0.659. The Bertz CT molecular complexity index is 455. The molecule has 0 amide bonds. The van der Waals surface area contributed by atoms with Gasteiger partial charge in [-0.2, -0.15) is 0 Å². The molecule has 1 aromatic carbocycles. The number of carbonyl (C=O) groups is 1. The molecule has 1 fully saturated rings. The van der Waals surface area contributed by atoms with E-state index in [1.165, 1.54) is 12.1 Å². The van der Waals surface area contributed by atoms with Crippen LogP contribution in [0.4, 0.5) is 5.69 Å². The van der Waals surface area contributed by atoms with Crippen molar-refractivity contribution in [1.29, 1.82) is 0 Å². The summed E-state index contributed by atoms with van der Waals surface area (Å²) in [5, 5.41) is 19.8. The number of nitro benzene ring substituents is 1. The molecule has 2 unspecified atom stereocenters. The number of carboxylic acids is 1. The van der Waals surface area contributed by atoms with Crippen molar-refractivity contribution in [2.75, 3.05) is 0 Å². The van der Waals surface area contributed by atoms with Gasteiger partial charge in [0.2, 0.25) is 0 Å². The average Bonchev–Trinajstić information content (AvgIpc) is 2.39. The van der Waals surface area contributed by atoms with Crippen molar-refractivity contribution in [3.05, 3.63) is 39.9 Å². The van der Waals surface area contributed by atoms with Gasteiger partial charge in [0, 0.05) is 12.1 Å². The molecule has 0 aliphatic heterocycles. The van der Waals surface area contributed by atoms with Gasteiger partial charge in [0.15, 0.2) is 0 Å². The molecular formula is C13H15NO4. The van der Waals surface area contributed by atoms with E-state index < -0.39 is 10.9 Å². The van der Waals surface area contributed by atoms with E-state index in [0.29, 0.717) is 6.42 Å². The third-order valence-electron chi connectivity index (χ3n) is 3.62. The predicted octanol–water partition coefficient (Wildman–Crippen LogP) is 2.95. The zero-order valence-electron chi connectivity index (χ0n) is 9.91. The molecule has 1 aliphatic carbocycles. The standard InChI is InChI=1S/C13H15NO4/c15-13(16)12-4-2-1-3-11(12)9-5-7-10(8-6-9)14(17)18/h5-8,11-12H,1-4H2,(H,15,16). The molecule has 5 nitrogen and oxygen atoms in total. The van der Waals surface area contributed by atoms with Crippen LogP contribution in [0.5, 0.6) is 0 Å². The maximum absolute atomic E-state index is 11.2. The fourth-order valence-electron chi connectivity index (χ4n) is 2.67. The lowest BCUT2D eigenvalue weighted by molar-refractivity contribution is -0.384. The number of nitro groups is 1. The molecule has 1 N–H and O–H groups in total. The lowest BCUT2D eigenvalue weighted by Gasteiger charge is -2.28. The molecule has 5 heteroatoms. The molecule has 0 radical (unpaired) electrons. The Labute approximate surface area is 105 Å². The fourth-order valence-corrected chi connectivity index (χ4v) is 2.67. The van der Waals surface area contributed by atoms with Crippen LogP contribution in [-0.2, 0) is 4.79 Å². The first-order valence-corrected chi connectivity index (χ1v) is 6.07. The highest BCUT2D eigenvalue weighted by molar-refractivity contribution is 5.71. The maximum atomic E-state index is 11.2. The summed E-state index contributed by atoms with van der Waals surface area (Å²) < 4.78 is 0. The van der Waals surface area contributed by atoms with Crippen LogP contribution in [0, 0.1) is 16.0 Å². The molecule has 0 spiro atoms. The molecule has 1 saturated carbocycles. The second-order valence-electron chi connectivity index (χ2n) is 4.68. The molecule has 0 heterocycles. The molecule has 0 saturated heterocycles. The van der Waals surface area contributed by atoms with Gasteiger partial charge in [0.1, 0.15) is 0 Å². The number of non-ortho nitro benzene ring substituents is 1. The minimum Gasteiger partial charge on any atom is -0.481 e. The van der Waals surface area contributed by atoms with E-state index in [0.717, 1.165) is 24.8 Å². The van der Waals surface area contributed by atoms with Crippen molar-refractivity contribution >= 4 is 11.7 Å². The molecule has 18 heavy (non-hydrogen) atoms. The Balaban J connectivity index is 2.23. The lowest BCUT2D eigenvalue weighted by atomic mass is 9.75. The molecular weight excluding hydrogens is 234 g/mol. The SMILES string of the molecule is O=C(O)C1CCCCC1c1ccc([N+](=O)[O-])cc1. The van der Waals surface area contributed by atoms with Gasteiger partial charge in [-0.1, -0.05) is 25.0 Å². The minimum atomic E-state index is -0.766. The Morgan fingerprint density at radius 3 is 2.39 bits per heavy atom. The fraction of sp³-hybridized carbons (Fsp3) is 0.462. The first kappa shape index (κ1) is 12.5. The summed E-state index contributed by atoms with van der Waals surface area (Å²) in [5.74, 6) is -1.14. The number of benzene rings is 1. The summed E-state index contributed by atoms with van der Waals surface area (Å²) in [5.41, 5.74) is 0.939. The van der Waals surface area contributed by atoms with Gasteiger partial charge in [-0.25, -0.2) is 0 Å². The van der Waals surface area contributed by atoms with Crippen LogP contribution in [0.15, 0.2) is 24.3 Å². The van der Waals surface area contributed by atoms with Gasteiger partial charge in [0.25, 0.3) is 5.69 Å². The smallest absolute Gasteiger partial charge is 0.307 e. The van der Waals surface area contributed by atoms with Gasteiger partial charge in [-0.15, -0.1) is 0 Å². The third kappa shape index (κ3) is 2.50. The van der Waals surface area contributed by atoms with E-state index >= 15 is 0 Å². The van der Waals surface area contributed by atoms with Crippen LogP contribution in [0.1, 0.15) is 37.2 Å². The van der Waals surface area contributed by atoms with Crippen LogP contribution in [-0.4, -0.2) is 16.0 Å². The van der Waals surface area contributed by atoms with Gasteiger partial charge in [-0.05, 0) is 24.3 Å². The summed E-state index contributed by atoms with van der Waals surface area (Å²) in [7, 11) is 0. The predicted molar refractivity (Wildman–Crippen MR) is 65.4 cm³/mol. The van der Waals surface area contributed by atoms with Crippen molar-refractivity contribution in [1.82, 2.24) is 0 Å². The van der Waals surface area contributed by atoms with Crippen LogP contribution >= 0.6 is 0 Å². The summed E-state index contributed by atoms with van der Waals surface area (Å²) in [4.78, 5) is 21.3. The van der Waals surface area contributed by atoms with E-state index in [9.17, 15) is 20.0 Å². The minimum absolute atomic E-state index is 0.0166. The molecule has 0 aromatic heterocycles. The highest BCUT2D eigenvalue weighted by Crippen LogP contribution is 2.38. The van der Waals surface area contributed by atoms with Crippen molar-refractivity contribution in [2.24, 2.45) is 5.92 Å². The van der Waals surface area contributed by atoms with E-state index in [-0.39, 0.29) is 17.5 Å². The summed E-state index contributed by atoms with van der Waals surface area (Å²) in [6, 6.07) is 6.26. The molecule has 1 aromatic rings. The second-order valence-corrected chi connectivity index (χ2v) is 4.68. The first-order valence-electron chi connectivity index (χ1n) is 6.07. The van der Waals surface area contributed by atoms with Crippen LogP contribution in [0.25, 0.3) is 0 Å². The number of rotatable bonds is 3. The Hall–Kier alpha value is -1.91. The number of carboxylic acid groups (broad SMARTS) is 1. The average molecular weight is 249 g/mol. The highest BCUT2D eigenvalue weighted by atomic mass is 16.6. The zero-order chi connectivity index (χ0) is 13.1. The maximum Gasteiger partial charge on any atom is 0.307 e. The van der Waals surface area contributed by atoms with Gasteiger partial charge >= 0.3 is 5.97 Å². The lowest BCUT2D eigenvalue weighted by Crippen LogP contribution is -2.25. The largest absolute Gasteiger partial charge is 0.481 e. The third-order valence-corrected chi connectivity index (χ3v) is 3.62. The summed E-state index contributed by atoms with van der Waals surface area (Å²) in [6.45, 7) is 0. The van der Waals surface area contributed by atoms with E-state index in [1.807, 2.05) is 0 Å². The number of nitrogens with zero attached hydrogens (tertiary/aromatic N) is 1. The number of hydrogen-bond donors (Lipinski definition) is 1. The monoisotopic (exact) mass is 249 g/mol. The van der Waals surface area contributed by atoms with Crippen LogP contribution < -0.4 is 0 Å². The van der Waals surface area contributed by atoms with Crippen molar-refractivity contribution in [3.63, 3.8) is 0 Å². The van der Waals surface area contributed by atoms with Crippen LogP contribution in [0.2, 0.25) is 0 Å². The molecule has 2 rings (SSSR count). The Morgan fingerprint density at radius 2 is 1.83 bits per heavy atom. The molecule has 0 bridgehead atoms. The van der Waals surface area contributed by atoms with Crippen molar-refractivity contribution in [3.8, 4) is 0 Å². The number of aliphatic carboxylic acids is 1. The Morgan fingerprint density at radius 1 is 1.22 bits per heavy atom. The van der Waals surface area contributed by atoms with Gasteiger partial charge < -0.3 is 5.11 Å². The zero-order valence-corrected chi connectivity index (χ0v) is 9.91. The van der Waals surface area contributed by atoms with E-state index in [4.69, 9.17) is 0 Å². The molecule has 2 atom stereocenters. The highest BCUT2D eigenvalue weighted by Gasteiger charge is 2.31. The Kier molecular flexibility index (Phi) is 3.60. The number of hydrogen-bond acceptors (Lipinski definition) is 3. The van der Waals surface area contributed by atoms with Crippen molar-refractivity contribution < 1.29 is 14.8 Å². The summed E-state index contributed by atoms with van der Waals surface area (Å²) in [6.07, 6.45) is 3.50. The van der Waals surface area contributed by atoms with Crippen LogP contribution in [0.3, 0.4) is 0 Å². The first-order chi connectivity index (χ1) is 8.59. The van der Waals surface area contributed by atoms with Gasteiger partial charge in [-0.3, -0.25) is 14.9 Å². The topological polar surface area (TPSA) is 80.4 Å². The van der Waals surface area contributed by atoms with E-state index in [1.54, 1.807) is 12.1 Å². The van der Waals surface area contributed by atoms with Gasteiger partial charge in [0.05, 0.1) is 10.8 Å². The van der Waals surface area contributed by atoms with E-state index in [2.05, 4.69) is 0 Å². The molecule has 96 valence electrons. The summed E-state index contributed by atoms with van der Waals surface area (Å²) >= 11 is 0. The molecule has 1 aliphatic rings. The van der Waals surface area contributed by atoms with Crippen molar-refractivity contribution in [2.45, 2.75) is 31.6 Å². The second kappa shape index (κ2) is 5.16. The normalized spacial score (nSPS) is 23.6.